The van der Waals surface area contributed by atoms with E-state index in [4.69, 9.17) is 11.5 Å². The number of nitrogen functional groups attached to an aromatic ring is 2. The fraction of sp³-hybridized carbons (Fsp3) is 0. The van der Waals surface area contributed by atoms with Crippen molar-refractivity contribution in [2.75, 3.05) is 11.5 Å². The van der Waals surface area contributed by atoms with Crippen molar-refractivity contribution in [2.24, 2.45) is 10.2 Å². The first-order valence-electron chi connectivity index (χ1n) is 6.02. The Morgan fingerprint density at radius 2 is 1.61 bits per heavy atom. The molecule has 11 heteroatoms. The molecule has 0 unspecified atom stereocenters. The minimum absolute atomic E-state index is 0.151. The molecule has 0 bridgehead atoms. The minimum Gasteiger partial charge on any atom is -0.501 e. The van der Waals surface area contributed by atoms with Crippen molar-refractivity contribution in [3.63, 3.8) is 0 Å². The van der Waals surface area contributed by atoms with E-state index in [2.05, 4.69) is 10.2 Å². The molecule has 23 heavy (non-hydrogen) atoms. The number of non-ortho nitro benzene ring substituents is 1. The van der Waals surface area contributed by atoms with E-state index in [1.807, 2.05) is 0 Å². The number of aromatic hydroxyl groups is 1. The fourth-order valence-corrected chi connectivity index (χ4v) is 1.67. The molecule has 11 nitrogen and oxygen atoms in total. The lowest BCUT2D eigenvalue weighted by molar-refractivity contribution is -0.394. The normalized spacial score (nSPS) is 10.8. The van der Waals surface area contributed by atoms with Gasteiger partial charge in [-0.2, -0.15) is 0 Å². The first-order chi connectivity index (χ1) is 10.8. The second kappa shape index (κ2) is 5.93. The third-order valence-corrected chi connectivity index (χ3v) is 2.78. The van der Waals surface area contributed by atoms with Crippen LogP contribution in [0, 0.1) is 20.2 Å². The highest BCUT2D eigenvalue weighted by atomic mass is 16.6. The number of benzene rings is 2. The summed E-state index contributed by atoms with van der Waals surface area (Å²) in [4.78, 5) is 19.8. The van der Waals surface area contributed by atoms with E-state index in [-0.39, 0.29) is 11.4 Å². The third-order valence-electron chi connectivity index (χ3n) is 2.78. The quantitative estimate of drug-likeness (QED) is 0.334. The summed E-state index contributed by atoms with van der Waals surface area (Å²) in [6.07, 6.45) is 0. The largest absolute Gasteiger partial charge is 0.501 e. The average Bonchev–Trinajstić information content (AvgIpc) is 2.48. The molecule has 0 saturated carbocycles. The van der Waals surface area contributed by atoms with Gasteiger partial charge in [0.2, 0.25) is 5.75 Å². The van der Waals surface area contributed by atoms with Crippen molar-refractivity contribution in [1.82, 2.24) is 0 Å². The molecule has 0 spiro atoms. The van der Waals surface area contributed by atoms with Crippen molar-refractivity contribution in [3.05, 3.63) is 50.6 Å². The first kappa shape index (κ1) is 15.6. The van der Waals surface area contributed by atoms with E-state index in [9.17, 15) is 25.3 Å². The van der Waals surface area contributed by atoms with Gasteiger partial charge in [-0.3, -0.25) is 20.2 Å². The van der Waals surface area contributed by atoms with Gasteiger partial charge in [0.1, 0.15) is 11.4 Å². The van der Waals surface area contributed by atoms with Crippen molar-refractivity contribution in [3.8, 4) is 5.75 Å². The molecule has 2 rings (SSSR count). The Hall–Kier alpha value is -3.76. The third kappa shape index (κ3) is 3.29. The lowest BCUT2D eigenvalue weighted by Gasteiger charge is -2.02. The van der Waals surface area contributed by atoms with Crippen LogP contribution in [0.3, 0.4) is 0 Å². The van der Waals surface area contributed by atoms with E-state index in [0.717, 1.165) is 6.07 Å². The molecule has 2 aromatic rings. The van der Waals surface area contributed by atoms with E-state index >= 15 is 0 Å². The number of nitro groups is 2. The topological polar surface area (TPSA) is 183 Å². The van der Waals surface area contributed by atoms with Crippen LogP contribution in [-0.2, 0) is 0 Å². The Kier molecular flexibility index (Phi) is 4.03. The number of rotatable bonds is 4. The van der Waals surface area contributed by atoms with Crippen LogP contribution in [0.1, 0.15) is 0 Å². The number of nitro benzene ring substituents is 2. The molecule has 0 fully saturated rings. The first-order valence-corrected chi connectivity index (χ1v) is 6.02. The average molecular weight is 318 g/mol. The van der Waals surface area contributed by atoms with Crippen molar-refractivity contribution in [1.29, 1.82) is 0 Å². The zero-order valence-electron chi connectivity index (χ0n) is 11.4. The summed E-state index contributed by atoms with van der Waals surface area (Å²) < 4.78 is 0. The summed E-state index contributed by atoms with van der Waals surface area (Å²) >= 11 is 0. The van der Waals surface area contributed by atoms with Crippen LogP contribution >= 0.6 is 0 Å². The van der Waals surface area contributed by atoms with Gasteiger partial charge in [0.15, 0.2) is 0 Å². The predicted molar refractivity (Wildman–Crippen MR) is 80.9 cm³/mol. The molecule has 0 amide bonds. The van der Waals surface area contributed by atoms with Crippen LogP contribution in [0.25, 0.3) is 0 Å². The minimum atomic E-state index is -0.962. The molecule has 0 saturated heterocycles. The van der Waals surface area contributed by atoms with Gasteiger partial charge >= 0.3 is 5.69 Å². The van der Waals surface area contributed by atoms with Gasteiger partial charge in [-0.1, -0.05) is 0 Å². The summed E-state index contributed by atoms with van der Waals surface area (Å²) in [5.74, 6) is -0.841. The van der Waals surface area contributed by atoms with Crippen LogP contribution < -0.4 is 11.5 Å². The number of azo groups is 1. The molecule has 0 aliphatic heterocycles. The van der Waals surface area contributed by atoms with Crippen LogP contribution in [0.15, 0.2) is 40.6 Å². The van der Waals surface area contributed by atoms with Gasteiger partial charge in [-0.15, -0.1) is 10.2 Å². The van der Waals surface area contributed by atoms with Crippen molar-refractivity contribution in [2.45, 2.75) is 0 Å². The monoisotopic (exact) mass is 318 g/mol. The maximum absolute atomic E-state index is 10.8. The number of hydrogen-bond donors (Lipinski definition) is 3. The molecule has 0 heterocycles. The van der Waals surface area contributed by atoms with Crippen LogP contribution in [0.5, 0.6) is 5.75 Å². The lowest BCUT2D eigenvalue weighted by Crippen LogP contribution is -1.93. The molecule has 0 radical (unpaired) electrons. The van der Waals surface area contributed by atoms with Crippen molar-refractivity contribution >= 4 is 34.1 Å². The smallest absolute Gasteiger partial charge is 0.319 e. The summed E-state index contributed by atoms with van der Waals surface area (Å²) in [5, 5.41) is 38.7. The van der Waals surface area contributed by atoms with Gasteiger partial charge in [-0.25, -0.2) is 0 Å². The van der Waals surface area contributed by atoms with Crippen LogP contribution in [0.4, 0.5) is 34.1 Å². The highest BCUT2D eigenvalue weighted by Gasteiger charge is 2.24. The molecular weight excluding hydrogens is 308 g/mol. The second-order valence-corrected chi connectivity index (χ2v) is 4.37. The molecule has 0 aliphatic rings. The Labute approximate surface area is 128 Å². The Balaban J connectivity index is 2.54. The van der Waals surface area contributed by atoms with E-state index in [1.54, 1.807) is 0 Å². The number of hydrogen-bond acceptors (Lipinski definition) is 9. The molecule has 0 atom stereocenters. The fourth-order valence-electron chi connectivity index (χ4n) is 1.67. The number of phenols is 1. The number of nitrogens with two attached hydrogens (primary N) is 2. The summed E-state index contributed by atoms with van der Waals surface area (Å²) in [6.45, 7) is 0. The lowest BCUT2D eigenvalue weighted by atomic mass is 10.2. The van der Waals surface area contributed by atoms with E-state index in [1.165, 1.54) is 18.2 Å². The van der Waals surface area contributed by atoms with Gasteiger partial charge in [0, 0.05) is 11.8 Å². The Bertz CT molecular complexity index is 835. The maximum atomic E-state index is 10.8. The van der Waals surface area contributed by atoms with Gasteiger partial charge in [0.25, 0.3) is 5.69 Å². The zero-order valence-corrected chi connectivity index (χ0v) is 11.4. The number of anilines is 2. The molecule has 0 aromatic heterocycles. The standard InChI is InChI=1S/C12H10N6O5/c13-6-1-2-8(14)9(3-6)15-16-10-4-7(17(20)21)5-11(12(10)19)18(22)23/h1-5,19H,13-14H2. The summed E-state index contributed by atoms with van der Waals surface area (Å²) in [7, 11) is 0. The second-order valence-electron chi connectivity index (χ2n) is 4.37. The van der Waals surface area contributed by atoms with Crippen LogP contribution in [0.2, 0.25) is 0 Å². The van der Waals surface area contributed by atoms with Gasteiger partial charge in [-0.05, 0) is 18.2 Å². The number of nitrogens with zero attached hydrogens (tertiary/aromatic N) is 4. The number of phenolic OH excluding ortho intramolecular Hbond substituents is 1. The van der Waals surface area contributed by atoms with E-state index in [0.29, 0.717) is 11.8 Å². The van der Waals surface area contributed by atoms with E-state index < -0.39 is 32.7 Å². The van der Waals surface area contributed by atoms with Crippen molar-refractivity contribution < 1.29 is 15.0 Å². The Morgan fingerprint density at radius 1 is 0.957 bits per heavy atom. The Morgan fingerprint density at radius 3 is 2.22 bits per heavy atom. The summed E-state index contributed by atoms with van der Waals surface area (Å²) in [5.41, 5.74) is 10.1. The van der Waals surface area contributed by atoms with Gasteiger partial charge < -0.3 is 16.6 Å². The SMILES string of the molecule is Nc1ccc(N)c(N=Nc2cc([N+](=O)[O-])cc([N+](=O)[O-])c2O)c1. The highest BCUT2D eigenvalue weighted by molar-refractivity contribution is 5.69. The molecular formula is C12H10N6O5. The van der Waals surface area contributed by atoms with Crippen LogP contribution in [-0.4, -0.2) is 15.0 Å². The molecule has 5 N–H and O–H groups in total. The summed E-state index contributed by atoms with van der Waals surface area (Å²) in [6, 6.07) is 5.88. The van der Waals surface area contributed by atoms with Gasteiger partial charge in [0.05, 0.1) is 21.6 Å². The highest BCUT2D eigenvalue weighted by Crippen LogP contribution is 2.40. The zero-order chi connectivity index (χ0) is 17.1. The maximum Gasteiger partial charge on any atom is 0.319 e. The molecule has 118 valence electrons. The molecule has 2 aromatic carbocycles. The predicted octanol–water partition coefficient (Wildman–Crippen LogP) is 2.79. The molecule has 0 aliphatic carbocycles.